The maximum Gasteiger partial charge on any atom is 0.164 e. The first-order chi connectivity index (χ1) is 15.7. The molecular formula is C23H23N5O4. The lowest BCUT2D eigenvalue weighted by Crippen LogP contribution is -2.33. The van der Waals surface area contributed by atoms with Crippen LogP contribution in [0.15, 0.2) is 67.4 Å². The molecule has 5 rings (SSSR count). The first kappa shape index (κ1) is 20.5. The molecule has 1 aliphatic heterocycles. The molecule has 0 amide bonds. The van der Waals surface area contributed by atoms with E-state index in [4.69, 9.17) is 4.74 Å². The number of hydrogen-bond acceptors (Lipinski definition) is 8. The number of pyridine rings is 1. The predicted octanol–water partition coefficient (Wildman–Crippen LogP) is 1.72. The Labute approximate surface area is 184 Å². The van der Waals surface area contributed by atoms with E-state index in [-0.39, 0.29) is 0 Å². The van der Waals surface area contributed by atoms with Crippen LogP contribution >= 0.6 is 0 Å². The standard InChI is InChI=1S/C23H23N5O4/c29-12-17-19(30)20(31)23(32-17)28-11-16(15-4-2-1-3-5-15)18-21(26-13-27-22(18)28)25-10-14-6-8-24-9-7-14/h1-9,11,13,17,19-20,23,29-31H,10,12H2,(H,25,26,27)/t17-,19+,20+,23-/m1/s1. The van der Waals surface area contributed by atoms with Gasteiger partial charge in [-0.1, -0.05) is 30.3 Å². The molecule has 0 aliphatic carbocycles. The minimum Gasteiger partial charge on any atom is -0.394 e. The molecule has 0 unspecified atom stereocenters. The highest BCUT2D eigenvalue weighted by Crippen LogP contribution is 2.39. The molecule has 4 heterocycles. The average Bonchev–Trinajstić information content (AvgIpc) is 3.37. The Bertz CT molecular complexity index is 1200. The van der Waals surface area contributed by atoms with Gasteiger partial charge in [0, 0.05) is 30.7 Å². The monoisotopic (exact) mass is 433 g/mol. The quantitative estimate of drug-likeness (QED) is 0.362. The summed E-state index contributed by atoms with van der Waals surface area (Å²) in [5.41, 5.74) is 3.41. The zero-order valence-corrected chi connectivity index (χ0v) is 17.1. The molecule has 164 valence electrons. The van der Waals surface area contributed by atoms with Crippen molar-refractivity contribution in [1.82, 2.24) is 19.5 Å². The lowest BCUT2D eigenvalue weighted by molar-refractivity contribution is -0.0508. The molecule has 3 aromatic heterocycles. The van der Waals surface area contributed by atoms with Crippen molar-refractivity contribution < 1.29 is 20.1 Å². The molecule has 1 aliphatic rings. The summed E-state index contributed by atoms with van der Waals surface area (Å²) < 4.78 is 7.47. The van der Waals surface area contributed by atoms with Gasteiger partial charge >= 0.3 is 0 Å². The molecule has 1 saturated heterocycles. The second kappa shape index (κ2) is 8.64. The van der Waals surface area contributed by atoms with Crippen LogP contribution < -0.4 is 5.32 Å². The lowest BCUT2D eigenvalue weighted by Gasteiger charge is -2.17. The van der Waals surface area contributed by atoms with Crippen molar-refractivity contribution in [2.75, 3.05) is 11.9 Å². The number of benzene rings is 1. The highest BCUT2D eigenvalue weighted by Gasteiger charge is 2.44. The van der Waals surface area contributed by atoms with Crippen LogP contribution in [-0.2, 0) is 11.3 Å². The van der Waals surface area contributed by atoms with Crippen molar-refractivity contribution in [2.45, 2.75) is 31.1 Å². The molecule has 1 fully saturated rings. The van der Waals surface area contributed by atoms with Crippen LogP contribution in [0.5, 0.6) is 0 Å². The van der Waals surface area contributed by atoms with Crippen LogP contribution in [0.1, 0.15) is 11.8 Å². The Morgan fingerprint density at radius 1 is 1.00 bits per heavy atom. The smallest absolute Gasteiger partial charge is 0.164 e. The van der Waals surface area contributed by atoms with Crippen LogP contribution in [0.25, 0.3) is 22.2 Å². The summed E-state index contributed by atoms with van der Waals surface area (Å²) in [5.74, 6) is 0.635. The Kier molecular flexibility index (Phi) is 5.54. The van der Waals surface area contributed by atoms with Crippen molar-refractivity contribution >= 4 is 16.9 Å². The number of ether oxygens (including phenoxy) is 1. The number of nitrogens with one attached hydrogen (secondary N) is 1. The Hall–Kier alpha value is -3.37. The summed E-state index contributed by atoms with van der Waals surface area (Å²) in [6.07, 6.45) is 2.57. The second-order valence-electron chi connectivity index (χ2n) is 7.67. The van der Waals surface area contributed by atoms with Crippen molar-refractivity contribution in [3.8, 4) is 11.1 Å². The Morgan fingerprint density at radius 3 is 2.50 bits per heavy atom. The molecule has 0 saturated carbocycles. The maximum absolute atomic E-state index is 10.6. The van der Waals surface area contributed by atoms with Gasteiger partial charge in [0.25, 0.3) is 0 Å². The fourth-order valence-corrected chi connectivity index (χ4v) is 4.05. The number of aliphatic hydroxyl groups excluding tert-OH is 3. The minimum absolute atomic E-state index is 0.396. The first-order valence-electron chi connectivity index (χ1n) is 10.3. The number of nitrogens with zero attached hydrogens (tertiary/aromatic N) is 4. The van der Waals surface area contributed by atoms with Crippen LogP contribution in [0.2, 0.25) is 0 Å². The van der Waals surface area contributed by atoms with Gasteiger partial charge in [0.2, 0.25) is 0 Å². The van der Waals surface area contributed by atoms with Gasteiger partial charge in [-0.15, -0.1) is 0 Å². The van der Waals surface area contributed by atoms with E-state index in [1.807, 2.05) is 48.7 Å². The van der Waals surface area contributed by atoms with E-state index in [9.17, 15) is 15.3 Å². The summed E-state index contributed by atoms with van der Waals surface area (Å²) >= 11 is 0. The third kappa shape index (κ3) is 3.61. The minimum atomic E-state index is -1.21. The van der Waals surface area contributed by atoms with E-state index >= 15 is 0 Å². The molecule has 1 aromatic carbocycles. The molecule has 32 heavy (non-hydrogen) atoms. The number of rotatable bonds is 6. The number of anilines is 1. The highest BCUT2D eigenvalue weighted by atomic mass is 16.6. The number of fused-ring (bicyclic) bond motifs is 1. The van der Waals surface area contributed by atoms with Crippen molar-refractivity contribution in [1.29, 1.82) is 0 Å². The zero-order valence-electron chi connectivity index (χ0n) is 17.1. The number of aromatic nitrogens is 4. The van der Waals surface area contributed by atoms with Crippen LogP contribution in [0.4, 0.5) is 5.82 Å². The fourth-order valence-electron chi connectivity index (χ4n) is 4.05. The van der Waals surface area contributed by atoms with Crippen molar-refractivity contribution in [3.05, 3.63) is 72.9 Å². The van der Waals surface area contributed by atoms with Gasteiger partial charge in [0.05, 0.1) is 12.0 Å². The zero-order chi connectivity index (χ0) is 22.1. The Balaban J connectivity index is 1.62. The normalized spacial score (nSPS) is 23.0. The summed E-state index contributed by atoms with van der Waals surface area (Å²) in [6.45, 7) is 0.148. The summed E-state index contributed by atoms with van der Waals surface area (Å²) in [4.78, 5) is 13.0. The largest absolute Gasteiger partial charge is 0.394 e. The second-order valence-corrected chi connectivity index (χ2v) is 7.67. The van der Waals surface area contributed by atoms with Gasteiger partial charge in [-0.25, -0.2) is 9.97 Å². The lowest BCUT2D eigenvalue weighted by atomic mass is 10.1. The maximum atomic E-state index is 10.6. The van der Waals surface area contributed by atoms with Crippen molar-refractivity contribution in [3.63, 3.8) is 0 Å². The summed E-state index contributed by atoms with van der Waals surface area (Å²) in [6, 6.07) is 13.6. The van der Waals surface area contributed by atoms with Gasteiger partial charge in [-0.3, -0.25) is 4.98 Å². The van der Waals surface area contributed by atoms with Crippen molar-refractivity contribution in [2.24, 2.45) is 0 Å². The van der Waals surface area contributed by atoms with E-state index in [1.165, 1.54) is 6.33 Å². The molecule has 0 spiro atoms. The van der Waals surface area contributed by atoms with E-state index in [2.05, 4.69) is 20.3 Å². The number of aliphatic hydroxyl groups is 3. The average molecular weight is 433 g/mol. The molecule has 9 nitrogen and oxygen atoms in total. The predicted molar refractivity (Wildman–Crippen MR) is 118 cm³/mol. The molecule has 4 N–H and O–H groups in total. The van der Waals surface area contributed by atoms with Crippen LogP contribution in [0, 0.1) is 0 Å². The van der Waals surface area contributed by atoms with Gasteiger partial charge in [-0.2, -0.15) is 0 Å². The third-order valence-electron chi connectivity index (χ3n) is 5.69. The van der Waals surface area contributed by atoms with Crippen LogP contribution in [-0.4, -0.2) is 59.8 Å². The van der Waals surface area contributed by atoms with Gasteiger partial charge < -0.3 is 29.9 Å². The van der Waals surface area contributed by atoms with E-state index in [0.29, 0.717) is 18.0 Å². The van der Waals surface area contributed by atoms with Gasteiger partial charge in [0.15, 0.2) is 6.23 Å². The third-order valence-corrected chi connectivity index (χ3v) is 5.69. The van der Waals surface area contributed by atoms with Gasteiger partial charge in [-0.05, 0) is 23.3 Å². The molecule has 0 bridgehead atoms. The topological polar surface area (TPSA) is 126 Å². The SMILES string of the molecule is OC[C@H]1O[C@@H](n2cc(-c3ccccc3)c3c(NCc4ccncc4)ncnc32)[C@@H](O)[C@H]1O. The number of hydrogen-bond donors (Lipinski definition) is 4. The van der Waals surface area contributed by atoms with Gasteiger partial charge in [0.1, 0.15) is 36.1 Å². The fraction of sp³-hybridized carbons (Fsp3) is 0.261. The molecule has 4 aromatic rings. The van der Waals surface area contributed by atoms with E-state index in [0.717, 1.165) is 22.1 Å². The Morgan fingerprint density at radius 2 is 1.78 bits per heavy atom. The highest BCUT2D eigenvalue weighted by molar-refractivity contribution is 6.01. The van der Waals surface area contributed by atoms with E-state index in [1.54, 1.807) is 17.0 Å². The van der Waals surface area contributed by atoms with Crippen LogP contribution in [0.3, 0.4) is 0 Å². The first-order valence-corrected chi connectivity index (χ1v) is 10.3. The van der Waals surface area contributed by atoms with E-state index < -0.39 is 31.1 Å². The summed E-state index contributed by atoms with van der Waals surface area (Å²) in [5, 5.41) is 34.5. The molecule has 9 heteroatoms. The summed E-state index contributed by atoms with van der Waals surface area (Å²) in [7, 11) is 0. The molecular weight excluding hydrogens is 410 g/mol. The molecule has 0 radical (unpaired) electrons. The molecule has 4 atom stereocenters.